The van der Waals surface area contributed by atoms with Crippen molar-refractivity contribution in [3.63, 3.8) is 0 Å². The zero-order valence-electron chi connectivity index (χ0n) is 16.9. The molecule has 2 aromatic carbocycles. The van der Waals surface area contributed by atoms with Crippen LogP contribution in [0.4, 0.5) is 5.69 Å². The molecule has 2 aromatic rings. The fraction of sp³-hybridized carbons (Fsp3) is 0.286. The van der Waals surface area contributed by atoms with Crippen molar-refractivity contribution in [2.75, 3.05) is 18.6 Å². The molecule has 2 aliphatic rings. The third-order valence-electron chi connectivity index (χ3n) is 5.17. The van der Waals surface area contributed by atoms with Crippen LogP contribution in [0.1, 0.15) is 11.1 Å². The highest BCUT2D eigenvalue weighted by atomic mass is 35.5. The molecule has 0 bridgehead atoms. The quantitative estimate of drug-likeness (QED) is 0.692. The molecule has 0 spiro atoms. The number of hydrogen-bond donors (Lipinski definition) is 1. The predicted molar refractivity (Wildman–Crippen MR) is 113 cm³/mol. The van der Waals surface area contributed by atoms with Gasteiger partial charge in [-0.2, -0.15) is 5.11 Å². The average Bonchev–Trinajstić information content (AvgIpc) is 3.27. The number of nitrogens with one attached hydrogen (secondary N) is 1. The van der Waals surface area contributed by atoms with Gasteiger partial charge in [-0.25, -0.2) is 4.90 Å². The molecule has 160 valence electrons. The molecular weight excluding hydrogens is 422 g/mol. The molecule has 0 aromatic heterocycles. The van der Waals surface area contributed by atoms with Gasteiger partial charge in [0.2, 0.25) is 5.91 Å². The van der Waals surface area contributed by atoms with Crippen molar-refractivity contribution in [2.45, 2.75) is 25.6 Å². The van der Waals surface area contributed by atoms with Gasteiger partial charge in [-0.15, -0.1) is 0 Å². The second-order valence-electron chi connectivity index (χ2n) is 7.29. The average molecular weight is 442 g/mol. The minimum absolute atomic E-state index is 0.188. The number of carbonyl (C=O) groups excluding carboxylic acids is 3. The van der Waals surface area contributed by atoms with Gasteiger partial charge in [-0.3, -0.25) is 19.4 Å². The zero-order chi connectivity index (χ0) is 22.1. The Bertz CT molecular complexity index is 1070. The van der Waals surface area contributed by atoms with Crippen LogP contribution in [0, 0.1) is 6.92 Å². The number of methoxy groups -OCH3 is 1. The minimum Gasteiger partial charge on any atom is -0.495 e. The molecule has 1 fully saturated rings. The summed E-state index contributed by atoms with van der Waals surface area (Å²) in [6.07, 6.45) is 0. The number of nitrogens with zero attached hydrogens (tertiary/aromatic N) is 4. The Hall–Kier alpha value is -3.46. The van der Waals surface area contributed by atoms with Crippen LogP contribution in [-0.4, -0.2) is 48.5 Å². The number of aryl methyl sites for hydroxylation is 1. The Morgan fingerprint density at radius 2 is 1.90 bits per heavy atom. The Balaban J connectivity index is 1.43. The maximum atomic E-state index is 13.0. The molecule has 1 N–H and O–H groups in total. The molecule has 31 heavy (non-hydrogen) atoms. The molecular formula is C21H20ClN5O4. The van der Waals surface area contributed by atoms with E-state index in [0.29, 0.717) is 18.0 Å². The monoisotopic (exact) mass is 441 g/mol. The highest BCUT2D eigenvalue weighted by molar-refractivity contribution is 6.33. The third-order valence-corrected chi connectivity index (χ3v) is 5.46. The molecule has 2 heterocycles. The standard InChI is InChI=1S/C21H20ClN5O4/c1-12-3-5-13(6-4-12)10-23-17(28)11-26-19-18(24-25-26)20(29)27(21(19)30)14-7-8-16(31-2)15(22)9-14/h3-9,18-19H,10-11H2,1-2H3,(H,23,28)/t18-,19-/m0/s1. The molecule has 0 aliphatic carbocycles. The van der Waals surface area contributed by atoms with Gasteiger partial charge in [-0.1, -0.05) is 46.7 Å². The van der Waals surface area contributed by atoms with Gasteiger partial charge in [-0.05, 0) is 30.7 Å². The number of carbonyl (C=O) groups is 3. The number of hydrogen-bond acceptors (Lipinski definition) is 7. The van der Waals surface area contributed by atoms with Crippen molar-refractivity contribution in [3.8, 4) is 5.75 Å². The lowest BCUT2D eigenvalue weighted by Crippen LogP contribution is -2.44. The van der Waals surface area contributed by atoms with Crippen molar-refractivity contribution < 1.29 is 19.1 Å². The van der Waals surface area contributed by atoms with Crippen LogP contribution in [0.3, 0.4) is 0 Å². The number of fused-ring (bicyclic) bond motifs is 1. The van der Waals surface area contributed by atoms with E-state index in [1.807, 2.05) is 31.2 Å². The maximum Gasteiger partial charge on any atom is 0.263 e. The Labute approximate surface area is 183 Å². The predicted octanol–water partition coefficient (Wildman–Crippen LogP) is 2.27. The first-order valence-corrected chi connectivity index (χ1v) is 9.98. The van der Waals surface area contributed by atoms with Crippen molar-refractivity contribution in [3.05, 3.63) is 58.6 Å². The van der Waals surface area contributed by atoms with E-state index >= 15 is 0 Å². The summed E-state index contributed by atoms with van der Waals surface area (Å²) in [5.41, 5.74) is 2.40. The number of rotatable bonds is 6. The second-order valence-corrected chi connectivity index (χ2v) is 7.69. The van der Waals surface area contributed by atoms with Gasteiger partial charge in [0, 0.05) is 6.54 Å². The first kappa shape index (κ1) is 20.8. The summed E-state index contributed by atoms with van der Waals surface area (Å²) >= 11 is 6.14. The second kappa shape index (κ2) is 8.35. The van der Waals surface area contributed by atoms with Gasteiger partial charge in [0.25, 0.3) is 11.8 Å². The zero-order valence-corrected chi connectivity index (χ0v) is 17.7. The molecule has 4 rings (SSSR count). The third kappa shape index (κ3) is 3.96. The van der Waals surface area contributed by atoms with Crippen molar-refractivity contribution in [1.29, 1.82) is 0 Å². The highest BCUT2D eigenvalue weighted by Crippen LogP contribution is 2.35. The van der Waals surface area contributed by atoms with Crippen LogP contribution in [0.25, 0.3) is 0 Å². The topological polar surface area (TPSA) is 104 Å². The van der Waals surface area contributed by atoms with E-state index in [9.17, 15) is 14.4 Å². The van der Waals surface area contributed by atoms with Crippen LogP contribution in [0.15, 0.2) is 52.8 Å². The fourth-order valence-electron chi connectivity index (χ4n) is 3.51. The van der Waals surface area contributed by atoms with E-state index < -0.39 is 23.9 Å². The van der Waals surface area contributed by atoms with Crippen LogP contribution in [0.2, 0.25) is 5.02 Å². The first-order chi connectivity index (χ1) is 14.9. The number of anilines is 1. The van der Waals surface area contributed by atoms with Crippen LogP contribution in [-0.2, 0) is 20.9 Å². The van der Waals surface area contributed by atoms with Crippen molar-refractivity contribution in [2.24, 2.45) is 10.3 Å². The van der Waals surface area contributed by atoms with Crippen molar-refractivity contribution in [1.82, 2.24) is 10.3 Å². The van der Waals surface area contributed by atoms with Gasteiger partial charge in [0.1, 0.15) is 12.3 Å². The summed E-state index contributed by atoms with van der Waals surface area (Å²) in [4.78, 5) is 39.2. The lowest BCUT2D eigenvalue weighted by Gasteiger charge is -2.20. The normalized spacial score (nSPS) is 19.7. The van der Waals surface area contributed by atoms with E-state index in [4.69, 9.17) is 16.3 Å². The molecule has 9 nitrogen and oxygen atoms in total. The Kier molecular flexibility index (Phi) is 5.60. The maximum absolute atomic E-state index is 13.0. The summed E-state index contributed by atoms with van der Waals surface area (Å²) in [6, 6.07) is 10.5. The SMILES string of the molecule is COc1ccc(N2C(=O)[C@H]3N=NN(CC(=O)NCc4ccc(C)cc4)[C@@H]3C2=O)cc1Cl. The number of ether oxygens (including phenoxy) is 1. The van der Waals surface area contributed by atoms with E-state index in [1.54, 1.807) is 12.1 Å². The summed E-state index contributed by atoms with van der Waals surface area (Å²) in [6.45, 7) is 2.15. The van der Waals surface area contributed by atoms with E-state index in [1.165, 1.54) is 18.2 Å². The summed E-state index contributed by atoms with van der Waals surface area (Å²) in [5.74, 6) is -0.919. The molecule has 2 aliphatic heterocycles. The summed E-state index contributed by atoms with van der Waals surface area (Å²) in [5, 5.41) is 12.1. The summed E-state index contributed by atoms with van der Waals surface area (Å²) < 4.78 is 5.11. The molecule has 1 saturated heterocycles. The van der Waals surface area contributed by atoms with Crippen LogP contribution in [0.5, 0.6) is 5.75 Å². The lowest BCUT2D eigenvalue weighted by atomic mass is 10.1. The lowest BCUT2D eigenvalue weighted by molar-refractivity contribution is -0.125. The fourth-order valence-corrected chi connectivity index (χ4v) is 3.76. The molecule has 0 saturated carbocycles. The highest BCUT2D eigenvalue weighted by Gasteiger charge is 2.55. The van der Waals surface area contributed by atoms with Gasteiger partial charge in [0.15, 0.2) is 12.1 Å². The van der Waals surface area contributed by atoms with E-state index in [-0.39, 0.29) is 17.5 Å². The van der Waals surface area contributed by atoms with Gasteiger partial charge >= 0.3 is 0 Å². The van der Waals surface area contributed by atoms with Gasteiger partial charge in [0.05, 0.1) is 17.8 Å². The number of halogens is 1. The van der Waals surface area contributed by atoms with Crippen LogP contribution < -0.4 is 15.0 Å². The Morgan fingerprint density at radius 3 is 2.58 bits per heavy atom. The van der Waals surface area contributed by atoms with Crippen LogP contribution >= 0.6 is 11.6 Å². The summed E-state index contributed by atoms with van der Waals surface area (Å²) in [7, 11) is 1.47. The molecule has 2 atom stereocenters. The Morgan fingerprint density at radius 1 is 1.16 bits per heavy atom. The first-order valence-electron chi connectivity index (χ1n) is 9.60. The van der Waals surface area contributed by atoms with E-state index in [0.717, 1.165) is 16.0 Å². The molecule has 0 unspecified atom stereocenters. The molecule has 10 heteroatoms. The van der Waals surface area contributed by atoms with Gasteiger partial charge < -0.3 is 10.1 Å². The van der Waals surface area contributed by atoms with Crippen molar-refractivity contribution >= 4 is 35.0 Å². The van der Waals surface area contributed by atoms with E-state index in [2.05, 4.69) is 15.7 Å². The number of amides is 3. The largest absolute Gasteiger partial charge is 0.495 e. The molecule has 3 amide bonds. The minimum atomic E-state index is -0.988. The molecule has 0 radical (unpaired) electrons. The number of benzene rings is 2. The number of imide groups is 1. The smallest absolute Gasteiger partial charge is 0.263 e.